The maximum atomic E-state index is 12.7. The third-order valence-corrected chi connectivity index (χ3v) is 6.83. The van der Waals surface area contributed by atoms with Crippen LogP contribution in [0, 0.1) is 5.92 Å². The van der Waals surface area contributed by atoms with Crippen molar-refractivity contribution in [2.24, 2.45) is 5.92 Å². The first kappa shape index (κ1) is 19.0. The fourth-order valence-corrected chi connectivity index (χ4v) is 5.50. The summed E-state index contributed by atoms with van der Waals surface area (Å²) in [6.07, 6.45) is 7.59. The molecule has 0 unspecified atom stereocenters. The van der Waals surface area contributed by atoms with E-state index < -0.39 is 0 Å². The maximum absolute atomic E-state index is 12.7. The second kappa shape index (κ2) is 7.68. The molecule has 0 saturated carbocycles. The van der Waals surface area contributed by atoms with Crippen LogP contribution in [-0.2, 0) is 30.6 Å². The number of thiophene rings is 1. The SMILES string of the molecule is C[C@@H]1CCc2c(sc3nc(CCC(=O)NCc4cn5ccccc5n4)[nH]c(=O)c23)C1. The smallest absolute Gasteiger partial charge is 0.259 e. The molecule has 7 nitrogen and oxygen atoms in total. The third kappa shape index (κ3) is 3.63. The second-order valence-electron chi connectivity index (χ2n) is 8.02. The van der Waals surface area contributed by atoms with Crippen LogP contribution in [0.15, 0.2) is 35.4 Å². The Morgan fingerprint density at radius 3 is 3.13 bits per heavy atom. The molecule has 0 aliphatic heterocycles. The molecule has 0 saturated heterocycles. The highest BCUT2D eigenvalue weighted by Crippen LogP contribution is 2.35. The second-order valence-corrected chi connectivity index (χ2v) is 9.10. The number of H-pyrrole nitrogens is 1. The van der Waals surface area contributed by atoms with Crippen LogP contribution in [0.1, 0.15) is 41.7 Å². The van der Waals surface area contributed by atoms with Crippen LogP contribution in [-0.4, -0.2) is 25.3 Å². The zero-order chi connectivity index (χ0) is 20.7. The summed E-state index contributed by atoms with van der Waals surface area (Å²) in [5, 5.41) is 3.65. The first-order valence-corrected chi connectivity index (χ1v) is 11.1. The van der Waals surface area contributed by atoms with Gasteiger partial charge in [-0.1, -0.05) is 13.0 Å². The van der Waals surface area contributed by atoms with E-state index in [4.69, 9.17) is 0 Å². The Kier molecular flexibility index (Phi) is 4.86. The fourth-order valence-electron chi connectivity index (χ4n) is 4.09. The molecule has 1 atom stereocenters. The molecule has 30 heavy (non-hydrogen) atoms. The number of carbonyl (C=O) groups excluding carboxylic acids is 1. The average molecular weight is 422 g/mol. The standard InChI is InChI=1S/C22H23N5O2S/c1-13-5-6-15-16(10-13)30-22-20(15)21(29)25-17(26-22)7-8-19(28)23-11-14-12-27-9-3-2-4-18(27)24-14/h2-4,9,12-13H,5-8,10-11H2,1H3,(H,23,28)(H,25,26,29)/t13-/m1/s1. The van der Waals surface area contributed by atoms with Gasteiger partial charge in [-0.2, -0.15) is 0 Å². The zero-order valence-electron chi connectivity index (χ0n) is 16.8. The minimum atomic E-state index is -0.0888. The van der Waals surface area contributed by atoms with E-state index in [0.717, 1.165) is 40.8 Å². The van der Waals surface area contributed by atoms with Crippen molar-refractivity contribution >= 4 is 33.1 Å². The van der Waals surface area contributed by atoms with Gasteiger partial charge in [-0.3, -0.25) is 9.59 Å². The van der Waals surface area contributed by atoms with E-state index in [2.05, 4.69) is 27.2 Å². The molecule has 8 heteroatoms. The number of nitrogens with zero attached hydrogens (tertiary/aromatic N) is 3. The minimum Gasteiger partial charge on any atom is -0.350 e. The largest absolute Gasteiger partial charge is 0.350 e. The van der Waals surface area contributed by atoms with Gasteiger partial charge in [0.25, 0.3) is 5.56 Å². The lowest BCUT2D eigenvalue weighted by molar-refractivity contribution is -0.121. The van der Waals surface area contributed by atoms with Crippen molar-refractivity contribution in [1.29, 1.82) is 0 Å². The van der Waals surface area contributed by atoms with Crippen LogP contribution in [0.3, 0.4) is 0 Å². The van der Waals surface area contributed by atoms with Crippen molar-refractivity contribution in [3.8, 4) is 0 Å². The van der Waals surface area contributed by atoms with Crippen LogP contribution in [0.2, 0.25) is 0 Å². The van der Waals surface area contributed by atoms with Crippen LogP contribution >= 0.6 is 11.3 Å². The number of aromatic amines is 1. The van der Waals surface area contributed by atoms with E-state index in [1.165, 1.54) is 10.4 Å². The number of hydrogen-bond donors (Lipinski definition) is 2. The molecule has 0 spiro atoms. The van der Waals surface area contributed by atoms with Gasteiger partial charge in [0.1, 0.15) is 16.3 Å². The topological polar surface area (TPSA) is 92.2 Å². The predicted molar refractivity (Wildman–Crippen MR) is 117 cm³/mol. The van der Waals surface area contributed by atoms with Crippen molar-refractivity contribution < 1.29 is 4.79 Å². The lowest BCUT2D eigenvalue weighted by Gasteiger charge is -2.17. The van der Waals surface area contributed by atoms with E-state index in [1.54, 1.807) is 11.3 Å². The molecule has 0 fully saturated rings. The highest BCUT2D eigenvalue weighted by atomic mass is 32.1. The first-order valence-electron chi connectivity index (χ1n) is 10.3. The normalized spacial score (nSPS) is 16.1. The first-order chi connectivity index (χ1) is 14.6. The van der Waals surface area contributed by atoms with Crippen molar-refractivity contribution in [3.63, 3.8) is 0 Å². The molecular formula is C22H23N5O2S. The predicted octanol–water partition coefficient (Wildman–Crippen LogP) is 3.01. The molecule has 4 heterocycles. The highest BCUT2D eigenvalue weighted by molar-refractivity contribution is 7.18. The molecule has 0 bridgehead atoms. The number of hydrogen-bond acceptors (Lipinski definition) is 5. The Hall–Kier alpha value is -3.00. The number of imidazole rings is 1. The van der Waals surface area contributed by atoms with Crippen LogP contribution < -0.4 is 10.9 Å². The maximum Gasteiger partial charge on any atom is 0.259 e. The summed E-state index contributed by atoms with van der Waals surface area (Å²) in [5.74, 6) is 1.14. The summed E-state index contributed by atoms with van der Waals surface area (Å²) in [6, 6.07) is 5.79. The van der Waals surface area contributed by atoms with Crippen molar-refractivity contribution in [1.82, 2.24) is 24.7 Å². The molecule has 1 aliphatic carbocycles. The Morgan fingerprint density at radius 1 is 1.37 bits per heavy atom. The number of rotatable bonds is 5. The third-order valence-electron chi connectivity index (χ3n) is 5.68. The van der Waals surface area contributed by atoms with Gasteiger partial charge in [-0.15, -0.1) is 11.3 Å². The Balaban J connectivity index is 1.24. The summed E-state index contributed by atoms with van der Waals surface area (Å²) in [5.41, 5.74) is 2.76. The molecule has 1 amide bonds. The molecule has 4 aromatic rings. The van der Waals surface area contributed by atoms with Gasteiger partial charge in [-0.05, 0) is 42.9 Å². The van der Waals surface area contributed by atoms with E-state index in [0.29, 0.717) is 24.7 Å². The van der Waals surface area contributed by atoms with Gasteiger partial charge in [-0.25, -0.2) is 9.97 Å². The summed E-state index contributed by atoms with van der Waals surface area (Å²) in [4.78, 5) is 39.1. The van der Waals surface area contributed by atoms with Crippen LogP contribution in [0.25, 0.3) is 15.9 Å². The lowest BCUT2D eigenvalue weighted by Crippen LogP contribution is -2.24. The van der Waals surface area contributed by atoms with Gasteiger partial charge in [0, 0.05) is 30.1 Å². The Bertz CT molecular complexity index is 1270. The van der Waals surface area contributed by atoms with Gasteiger partial charge < -0.3 is 14.7 Å². The summed E-state index contributed by atoms with van der Waals surface area (Å²) in [7, 11) is 0. The number of fused-ring (bicyclic) bond motifs is 4. The van der Waals surface area contributed by atoms with Crippen molar-refractivity contribution in [2.45, 2.75) is 45.6 Å². The molecule has 4 aromatic heterocycles. The Morgan fingerprint density at radius 2 is 2.27 bits per heavy atom. The van der Waals surface area contributed by atoms with Gasteiger partial charge in [0.15, 0.2) is 0 Å². The fraction of sp³-hybridized carbons (Fsp3) is 0.364. The molecule has 0 aromatic carbocycles. The number of nitrogens with one attached hydrogen (secondary N) is 2. The quantitative estimate of drug-likeness (QED) is 0.518. The van der Waals surface area contributed by atoms with E-state index in [-0.39, 0.29) is 17.9 Å². The Labute approximate surface area is 177 Å². The zero-order valence-corrected chi connectivity index (χ0v) is 17.6. The van der Waals surface area contributed by atoms with E-state index in [9.17, 15) is 9.59 Å². The number of amides is 1. The van der Waals surface area contributed by atoms with Gasteiger partial charge in [0.05, 0.1) is 17.6 Å². The van der Waals surface area contributed by atoms with Gasteiger partial charge >= 0.3 is 0 Å². The summed E-state index contributed by atoms with van der Waals surface area (Å²) < 4.78 is 1.92. The highest BCUT2D eigenvalue weighted by Gasteiger charge is 2.23. The van der Waals surface area contributed by atoms with Crippen LogP contribution in [0.4, 0.5) is 0 Å². The molecule has 2 N–H and O–H groups in total. The van der Waals surface area contributed by atoms with Gasteiger partial charge in [0.2, 0.25) is 5.91 Å². The number of aromatic nitrogens is 4. The summed E-state index contributed by atoms with van der Waals surface area (Å²) in [6.45, 7) is 2.63. The lowest BCUT2D eigenvalue weighted by atomic mass is 9.89. The molecule has 5 rings (SSSR count). The van der Waals surface area contributed by atoms with Crippen LogP contribution in [0.5, 0.6) is 0 Å². The number of aryl methyl sites for hydroxylation is 2. The minimum absolute atomic E-state index is 0.0767. The monoisotopic (exact) mass is 421 g/mol. The number of pyridine rings is 1. The molecule has 1 aliphatic rings. The average Bonchev–Trinajstić information content (AvgIpc) is 3.31. The number of carbonyl (C=O) groups is 1. The van der Waals surface area contributed by atoms with E-state index in [1.807, 2.05) is 35.0 Å². The van der Waals surface area contributed by atoms with Crippen molar-refractivity contribution in [3.05, 3.63) is 62.9 Å². The summed E-state index contributed by atoms with van der Waals surface area (Å²) >= 11 is 1.63. The molecule has 154 valence electrons. The van der Waals surface area contributed by atoms with E-state index >= 15 is 0 Å². The van der Waals surface area contributed by atoms with Crippen molar-refractivity contribution in [2.75, 3.05) is 0 Å². The molecule has 0 radical (unpaired) electrons. The molecular weight excluding hydrogens is 398 g/mol.